The average molecular weight is 615 g/mol. The van der Waals surface area contributed by atoms with Crippen molar-refractivity contribution in [3.05, 3.63) is 84.3 Å². The van der Waals surface area contributed by atoms with E-state index in [1.807, 2.05) is 30.3 Å². The van der Waals surface area contributed by atoms with Gasteiger partial charge in [-0.05, 0) is 49.1 Å². The van der Waals surface area contributed by atoms with E-state index in [0.717, 1.165) is 55.8 Å². The highest BCUT2D eigenvalue weighted by Gasteiger charge is 2.39. The van der Waals surface area contributed by atoms with Gasteiger partial charge in [-0.25, -0.2) is 14.1 Å². The number of anilines is 1. The van der Waals surface area contributed by atoms with Gasteiger partial charge in [0.15, 0.2) is 23.1 Å². The molecule has 0 radical (unpaired) electrons. The molecule has 2 saturated heterocycles. The van der Waals surface area contributed by atoms with E-state index in [0.29, 0.717) is 47.6 Å². The molecule has 0 saturated carbocycles. The van der Waals surface area contributed by atoms with Crippen LogP contribution < -0.4 is 24.4 Å². The molecule has 1 aromatic heterocycles. The quantitative estimate of drug-likeness (QED) is 0.169. The summed E-state index contributed by atoms with van der Waals surface area (Å²) in [7, 11) is 1.55. The van der Waals surface area contributed by atoms with Gasteiger partial charge in [-0.2, -0.15) is 0 Å². The van der Waals surface area contributed by atoms with Crippen LogP contribution in [0.5, 0.6) is 23.0 Å². The van der Waals surface area contributed by atoms with Crippen LogP contribution in [0.4, 0.5) is 14.9 Å². The molecule has 0 aliphatic carbocycles. The van der Waals surface area contributed by atoms with Crippen LogP contribution in [-0.2, 0) is 16.0 Å². The molecular weight excluding hydrogens is 579 g/mol. The molecule has 45 heavy (non-hydrogen) atoms. The molecule has 4 aromatic rings. The van der Waals surface area contributed by atoms with Gasteiger partial charge < -0.3 is 24.3 Å². The molecule has 6 rings (SSSR count). The Kier molecular flexibility index (Phi) is 9.37. The molecular formula is C34H35FN4O6. The van der Waals surface area contributed by atoms with Crippen LogP contribution in [0.15, 0.2) is 72.9 Å². The Labute approximate surface area is 260 Å². The SMILES string of the molecule is COc1cc2c(Oc3ccc(N4C(=O)NC(CCc5ccccc5)C4=O)cc3F)ccnc2cc1OCCCN1CCOCC1. The van der Waals surface area contributed by atoms with E-state index in [2.05, 4.69) is 15.2 Å². The molecule has 3 amide bonds. The van der Waals surface area contributed by atoms with E-state index in [-0.39, 0.29) is 11.4 Å². The third-order valence-corrected chi connectivity index (χ3v) is 7.94. The number of fused-ring (bicyclic) bond motifs is 1. The van der Waals surface area contributed by atoms with Crippen molar-refractivity contribution in [2.75, 3.05) is 51.5 Å². The minimum absolute atomic E-state index is 0.0682. The van der Waals surface area contributed by atoms with Gasteiger partial charge in [-0.3, -0.25) is 14.7 Å². The highest BCUT2D eigenvalue weighted by atomic mass is 19.1. The van der Waals surface area contributed by atoms with Crippen molar-refractivity contribution < 1.29 is 32.9 Å². The van der Waals surface area contributed by atoms with Crippen LogP contribution in [0.25, 0.3) is 10.9 Å². The lowest BCUT2D eigenvalue weighted by Crippen LogP contribution is -2.37. The maximum atomic E-state index is 15.4. The Morgan fingerprint density at radius 2 is 1.80 bits per heavy atom. The van der Waals surface area contributed by atoms with Gasteiger partial charge in [0.2, 0.25) is 0 Å². The second-order valence-corrected chi connectivity index (χ2v) is 10.9. The van der Waals surface area contributed by atoms with E-state index in [1.54, 1.807) is 31.5 Å². The van der Waals surface area contributed by atoms with E-state index in [4.69, 9.17) is 18.9 Å². The summed E-state index contributed by atoms with van der Waals surface area (Å²) in [4.78, 5) is 33.5. The van der Waals surface area contributed by atoms with Crippen molar-refractivity contribution in [3.63, 3.8) is 0 Å². The number of nitrogens with zero attached hydrogens (tertiary/aromatic N) is 3. The second kappa shape index (κ2) is 13.9. The molecule has 11 heteroatoms. The van der Waals surface area contributed by atoms with Crippen LogP contribution >= 0.6 is 0 Å². The number of morpholine rings is 1. The number of halogens is 1. The summed E-state index contributed by atoms with van der Waals surface area (Å²) in [5.74, 6) is 0.208. The van der Waals surface area contributed by atoms with Crippen LogP contribution in [0.3, 0.4) is 0 Å². The standard InChI is InChI=1S/C34H35FN4O6/c1-42-31-21-25-28(22-32(31)44-17-5-14-38-15-18-43-19-16-38)36-13-12-29(25)45-30-11-9-24(20-26(30)35)39-33(40)27(37-34(39)41)10-8-23-6-3-2-4-7-23/h2-4,6-7,9,11-13,20-22,27H,5,8,10,14-19H2,1H3,(H,37,41). The number of aryl methyl sites for hydroxylation is 1. The van der Waals surface area contributed by atoms with Crippen molar-refractivity contribution in [1.29, 1.82) is 0 Å². The Morgan fingerprint density at radius 3 is 2.58 bits per heavy atom. The molecule has 2 aliphatic rings. The van der Waals surface area contributed by atoms with Crippen molar-refractivity contribution >= 4 is 28.5 Å². The zero-order valence-corrected chi connectivity index (χ0v) is 25.0. The number of imide groups is 1. The van der Waals surface area contributed by atoms with E-state index < -0.39 is 23.8 Å². The van der Waals surface area contributed by atoms with Crippen molar-refractivity contribution in [2.45, 2.75) is 25.3 Å². The van der Waals surface area contributed by atoms with Gasteiger partial charge in [0.1, 0.15) is 11.8 Å². The van der Waals surface area contributed by atoms with Crippen LogP contribution in [0.2, 0.25) is 0 Å². The molecule has 2 aliphatic heterocycles. The topological polar surface area (TPSA) is 102 Å². The monoisotopic (exact) mass is 614 g/mol. The number of aromatic nitrogens is 1. The van der Waals surface area contributed by atoms with Gasteiger partial charge in [0.05, 0.1) is 38.1 Å². The van der Waals surface area contributed by atoms with E-state index in [1.165, 1.54) is 12.1 Å². The number of carbonyl (C=O) groups is 2. The van der Waals surface area contributed by atoms with Gasteiger partial charge in [0, 0.05) is 43.4 Å². The highest BCUT2D eigenvalue weighted by molar-refractivity contribution is 6.21. The number of hydrogen-bond donors (Lipinski definition) is 1. The molecule has 3 aromatic carbocycles. The minimum atomic E-state index is -0.724. The van der Waals surface area contributed by atoms with Crippen molar-refractivity contribution in [2.24, 2.45) is 0 Å². The first kappa shape index (κ1) is 30.3. The Hall–Kier alpha value is -4.74. The van der Waals surface area contributed by atoms with Crippen LogP contribution in [0, 0.1) is 5.82 Å². The lowest BCUT2D eigenvalue weighted by molar-refractivity contribution is -0.118. The molecule has 10 nitrogen and oxygen atoms in total. The van der Waals surface area contributed by atoms with E-state index >= 15 is 4.39 Å². The molecule has 3 heterocycles. The smallest absolute Gasteiger partial charge is 0.329 e. The highest BCUT2D eigenvalue weighted by Crippen LogP contribution is 2.38. The predicted octanol–water partition coefficient (Wildman–Crippen LogP) is 5.33. The summed E-state index contributed by atoms with van der Waals surface area (Å²) in [6.07, 6.45) is 3.49. The van der Waals surface area contributed by atoms with Crippen LogP contribution in [-0.4, -0.2) is 74.4 Å². The van der Waals surface area contributed by atoms with Gasteiger partial charge >= 0.3 is 6.03 Å². The molecule has 1 atom stereocenters. The average Bonchev–Trinajstić information content (AvgIpc) is 3.35. The minimum Gasteiger partial charge on any atom is -0.493 e. The fourth-order valence-electron chi connectivity index (χ4n) is 5.54. The fraction of sp³-hybridized carbons (Fsp3) is 0.324. The number of nitrogens with one attached hydrogen (secondary N) is 1. The summed E-state index contributed by atoms with van der Waals surface area (Å²) in [6.45, 7) is 4.81. The van der Waals surface area contributed by atoms with Crippen LogP contribution in [0.1, 0.15) is 18.4 Å². The first-order valence-electron chi connectivity index (χ1n) is 15.1. The number of carbonyl (C=O) groups excluding carboxylic acids is 2. The Morgan fingerprint density at radius 1 is 0.978 bits per heavy atom. The number of ether oxygens (including phenoxy) is 4. The molecule has 0 bridgehead atoms. The molecule has 234 valence electrons. The maximum Gasteiger partial charge on any atom is 0.329 e. The molecule has 0 spiro atoms. The summed E-state index contributed by atoms with van der Waals surface area (Å²) in [6, 6.07) is 17.6. The maximum absolute atomic E-state index is 15.4. The van der Waals surface area contributed by atoms with Crippen molar-refractivity contribution in [3.8, 4) is 23.0 Å². The number of benzene rings is 3. The number of hydrogen-bond acceptors (Lipinski definition) is 8. The number of amides is 3. The number of methoxy groups -OCH3 is 1. The number of pyridine rings is 1. The predicted molar refractivity (Wildman–Crippen MR) is 167 cm³/mol. The zero-order chi connectivity index (χ0) is 31.2. The van der Waals surface area contributed by atoms with Gasteiger partial charge in [0.25, 0.3) is 5.91 Å². The second-order valence-electron chi connectivity index (χ2n) is 10.9. The molecule has 2 fully saturated rings. The number of urea groups is 1. The Bertz CT molecular complexity index is 1660. The van der Waals surface area contributed by atoms with E-state index in [9.17, 15) is 9.59 Å². The third kappa shape index (κ3) is 7.00. The van der Waals surface area contributed by atoms with Crippen molar-refractivity contribution in [1.82, 2.24) is 15.2 Å². The normalized spacial score (nSPS) is 17.0. The summed E-state index contributed by atoms with van der Waals surface area (Å²) >= 11 is 0. The first-order chi connectivity index (χ1) is 22.0. The Balaban J connectivity index is 1.13. The van der Waals surface area contributed by atoms with Gasteiger partial charge in [-0.15, -0.1) is 0 Å². The summed E-state index contributed by atoms with van der Waals surface area (Å²) < 4.78 is 38.4. The molecule has 1 N–H and O–H groups in total. The zero-order valence-electron chi connectivity index (χ0n) is 25.0. The van der Waals surface area contributed by atoms with Gasteiger partial charge in [-0.1, -0.05) is 30.3 Å². The first-order valence-corrected chi connectivity index (χ1v) is 15.1. The summed E-state index contributed by atoms with van der Waals surface area (Å²) in [5.41, 5.74) is 1.78. The third-order valence-electron chi connectivity index (χ3n) is 7.94. The number of rotatable bonds is 12. The fourth-order valence-corrected chi connectivity index (χ4v) is 5.54. The molecule has 1 unspecified atom stereocenters. The lowest BCUT2D eigenvalue weighted by Gasteiger charge is -2.26. The lowest BCUT2D eigenvalue weighted by atomic mass is 10.1. The summed E-state index contributed by atoms with van der Waals surface area (Å²) in [5, 5.41) is 3.32. The largest absolute Gasteiger partial charge is 0.493 e.